The second kappa shape index (κ2) is 8.64. The Bertz CT molecular complexity index is 944. The molecule has 0 bridgehead atoms. The first-order valence-corrected chi connectivity index (χ1v) is 12.1. The van der Waals surface area contributed by atoms with Gasteiger partial charge < -0.3 is 29.5 Å². The third kappa shape index (κ3) is 4.17. The molecule has 5 atom stereocenters. The Morgan fingerprint density at radius 2 is 1.68 bits per heavy atom. The van der Waals surface area contributed by atoms with E-state index in [2.05, 4.69) is 18.2 Å². The second-order valence-electron chi connectivity index (χ2n) is 8.52. The predicted octanol–water partition coefficient (Wildman–Crippen LogP) is 2.77. The predicted molar refractivity (Wildman–Crippen MR) is 118 cm³/mol. The van der Waals surface area contributed by atoms with Gasteiger partial charge in [-0.15, -0.1) is 11.8 Å². The highest BCUT2D eigenvalue weighted by Gasteiger charge is 2.44. The van der Waals surface area contributed by atoms with Crippen molar-refractivity contribution in [3.8, 4) is 11.5 Å². The van der Waals surface area contributed by atoms with Crippen molar-refractivity contribution in [1.29, 1.82) is 0 Å². The van der Waals surface area contributed by atoms with E-state index in [1.165, 1.54) is 35.7 Å². The topological polar surface area (TPSA) is 88.4 Å². The Labute approximate surface area is 186 Å². The van der Waals surface area contributed by atoms with Crippen molar-refractivity contribution in [3.63, 3.8) is 0 Å². The zero-order valence-corrected chi connectivity index (χ0v) is 18.3. The summed E-state index contributed by atoms with van der Waals surface area (Å²) in [5.74, 6) is 2.13. The van der Waals surface area contributed by atoms with Crippen molar-refractivity contribution in [1.82, 2.24) is 0 Å². The van der Waals surface area contributed by atoms with Crippen LogP contribution in [0.2, 0.25) is 0 Å². The molecule has 0 aromatic heterocycles. The fraction of sp³-hybridized carbons (Fsp3) is 0.500. The molecule has 0 radical (unpaired) electrons. The number of fused-ring (bicyclic) bond motifs is 1. The minimum absolute atomic E-state index is 0.557. The van der Waals surface area contributed by atoms with Crippen molar-refractivity contribution in [2.45, 2.75) is 55.0 Å². The summed E-state index contributed by atoms with van der Waals surface area (Å²) in [7, 11) is 0. The first-order chi connectivity index (χ1) is 15.0. The molecular weight excluding hydrogens is 416 g/mol. The average molecular weight is 445 g/mol. The van der Waals surface area contributed by atoms with Gasteiger partial charge in [0, 0.05) is 0 Å². The van der Waals surface area contributed by atoms with Gasteiger partial charge in [0.2, 0.25) is 0 Å². The Morgan fingerprint density at radius 3 is 2.42 bits per heavy atom. The van der Waals surface area contributed by atoms with Crippen LogP contribution in [0.25, 0.3) is 0 Å². The summed E-state index contributed by atoms with van der Waals surface area (Å²) in [6.45, 7) is 1.13. The largest absolute Gasteiger partial charge is 0.486 e. The van der Waals surface area contributed by atoms with Crippen LogP contribution in [-0.2, 0) is 11.2 Å². The molecule has 6 nitrogen and oxygen atoms in total. The fourth-order valence-electron chi connectivity index (χ4n) is 4.48. The fourth-order valence-corrected chi connectivity index (χ4v) is 5.15. The molecule has 3 N–H and O–H groups in total. The van der Waals surface area contributed by atoms with Gasteiger partial charge >= 0.3 is 0 Å². The van der Waals surface area contributed by atoms with E-state index < -0.39 is 29.9 Å². The highest BCUT2D eigenvalue weighted by molar-refractivity contribution is 7.99. The van der Waals surface area contributed by atoms with Crippen LogP contribution in [0.3, 0.4) is 0 Å². The van der Waals surface area contributed by atoms with Crippen LogP contribution < -0.4 is 9.47 Å². The van der Waals surface area contributed by atoms with Gasteiger partial charge in [0.1, 0.15) is 43.1 Å². The summed E-state index contributed by atoms with van der Waals surface area (Å²) in [4.78, 5) is 0. The molecule has 0 spiro atoms. The Kier molecular flexibility index (Phi) is 5.88. The van der Waals surface area contributed by atoms with E-state index in [0.717, 1.165) is 29.0 Å². The summed E-state index contributed by atoms with van der Waals surface area (Å²) in [6.07, 6.45) is 0.681. The van der Waals surface area contributed by atoms with Crippen molar-refractivity contribution >= 4 is 11.8 Å². The van der Waals surface area contributed by atoms with Crippen molar-refractivity contribution in [3.05, 3.63) is 58.7 Å². The number of hydrogen-bond acceptors (Lipinski definition) is 7. The lowest BCUT2D eigenvalue weighted by Gasteiger charge is -2.40. The summed E-state index contributed by atoms with van der Waals surface area (Å²) in [5, 5.41) is 31.1. The molecule has 3 aliphatic rings. The van der Waals surface area contributed by atoms with Crippen LogP contribution in [0.1, 0.15) is 47.1 Å². The molecule has 2 heterocycles. The maximum atomic E-state index is 10.6. The van der Waals surface area contributed by atoms with E-state index in [4.69, 9.17) is 14.2 Å². The van der Waals surface area contributed by atoms with Crippen LogP contribution in [0, 0.1) is 0 Å². The second-order valence-corrected chi connectivity index (χ2v) is 9.46. The van der Waals surface area contributed by atoms with Gasteiger partial charge in [-0.05, 0) is 65.8 Å². The van der Waals surface area contributed by atoms with E-state index in [9.17, 15) is 15.3 Å². The SMILES string of the molecule is CS[C@H]1O[C@@H](c2ccc(C3CC3)c(Cc3ccc4c(c3)OCCO4)c2)[C@H](O)[C@@H](O)[C@@H]1O. The van der Waals surface area contributed by atoms with Gasteiger partial charge in [0.05, 0.1) is 0 Å². The lowest BCUT2D eigenvalue weighted by molar-refractivity contribution is -0.200. The number of aliphatic hydroxyl groups excluding tert-OH is 3. The summed E-state index contributed by atoms with van der Waals surface area (Å²) in [5.41, 5.74) is 3.87. The Morgan fingerprint density at radius 1 is 0.903 bits per heavy atom. The van der Waals surface area contributed by atoms with Crippen molar-refractivity contribution < 1.29 is 29.5 Å². The highest BCUT2D eigenvalue weighted by Crippen LogP contribution is 2.44. The van der Waals surface area contributed by atoms with E-state index in [-0.39, 0.29) is 0 Å². The van der Waals surface area contributed by atoms with Crippen molar-refractivity contribution in [2.75, 3.05) is 19.5 Å². The van der Waals surface area contributed by atoms with Crippen LogP contribution >= 0.6 is 11.8 Å². The van der Waals surface area contributed by atoms with Crippen LogP contribution in [-0.4, -0.2) is 58.5 Å². The first-order valence-electron chi connectivity index (χ1n) is 10.8. The molecule has 2 fully saturated rings. The smallest absolute Gasteiger partial charge is 0.161 e. The maximum absolute atomic E-state index is 10.6. The normalized spacial score (nSPS) is 30.3. The Hall–Kier alpha value is -1.77. The van der Waals surface area contributed by atoms with E-state index in [1.54, 1.807) is 0 Å². The van der Waals surface area contributed by atoms with Gasteiger partial charge in [-0.25, -0.2) is 0 Å². The molecule has 0 unspecified atom stereocenters. The third-order valence-electron chi connectivity index (χ3n) is 6.32. The standard InChI is InChI=1S/C24H28O6S/c1-31-24-22(27)20(25)21(26)23(30-24)15-5-6-17(14-3-4-14)16(12-15)10-13-2-7-18-19(11-13)29-9-8-28-18/h2,5-7,11-12,14,20-27H,3-4,8-10H2,1H3/t20-,21-,22+,23+,24-/m1/s1. The molecule has 31 heavy (non-hydrogen) atoms. The minimum atomic E-state index is -1.25. The summed E-state index contributed by atoms with van der Waals surface area (Å²) >= 11 is 1.33. The maximum Gasteiger partial charge on any atom is 0.161 e. The monoisotopic (exact) mass is 444 g/mol. The van der Waals surface area contributed by atoms with E-state index in [0.29, 0.717) is 19.1 Å². The van der Waals surface area contributed by atoms with Crippen LogP contribution in [0.15, 0.2) is 36.4 Å². The molecule has 2 aliphatic heterocycles. The van der Waals surface area contributed by atoms with Crippen LogP contribution in [0.4, 0.5) is 0 Å². The number of benzene rings is 2. The molecule has 166 valence electrons. The van der Waals surface area contributed by atoms with Gasteiger partial charge in [0.25, 0.3) is 0 Å². The van der Waals surface area contributed by atoms with Gasteiger partial charge in [-0.2, -0.15) is 0 Å². The lowest BCUT2D eigenvalue weighted by Crippen LogP contribution is -2.52. The molecule has 0 amide bonds. The zero-order chi connectivity index (χ0) is 21.5. The van der Waals surface area contributed by atoms with Crippen LogP contribution in [0.5, 0.6) is 11.5 Å². The Balaban J connectivity index is 1.45. The molecule has 1 aliphatic carbocycles. The average Bonchev–Trinajstić information content (AvgIpc) is 3.63. The molecule has 2 aromatic carbocycles. The quantitative estimate of drug-likeness (QED) is 0.654. The lowest BCUT2D eigenvalue weighted by atomic mass is 9.89. The minimum Gasteiger partial charge on any atom is -0.486 e. The number of ether oxygens (including phenoxy) is 3. The van der Waals surface area contributed by atoms with Crippen molar-refractivity contribution in [2.24, 2.45) is 0 Å². The summed E-state index contributed by atoms with van der Waals surface area (Å²) in [6, 6.07) is 12.2. The van der Waals surface area contributed by atoms with E-state index >= 15 is 0 Å². The molecule has 5 rings (SSSR count). The molecule has 2 aromatic rings. The summed E-state index contributed by atoms with van der Waals surface area (Å²) < 4.78 is 17.4. The van der Waals surface area contributed by atoms with Gasteiger partial charge in [0.15, 0.2) is 11.5 Å². The molecule has 1 saturated heterocycles. The third-order valence-corrected chi connectivity index (χ3v) is 7.17. The number of thioether (sulfide) groups is 1. The molecular formula is C24H28O6S. The zero-order valence-electron chi connectivity index (χ0n) is 17.4. The molecule has 7 heteroatoms. The van der Waals surface area contributed by atoms with Gasteiger partial charge in [-0.1, -0.05) is 24.3 Å². The van der Waals surface area contributed by atoms with Gasteiger partial charge in [-0.3, -0.25) is 0 Å². The highest BCUT2D eigenvalue weighted by atomic mass is 32.2. The number of aliphatic hydroxyl groups is 3. The molecule has 1 saturated carbocycles. The first kappa shape index (κ1) is 21.1. The number of hydrogen-bond donors (Lipinski definition) is 3. The van der Waals surface area contributed by atoms with E-state index in [1.807, 2.05) is 24.5 Å². The number of rotatable bonds is 5.